The molecule has 3 aromatic rings. The quantitative estimate of drug-likeness (QED) is 0.759. The maximum atomic E-state index is 9.46. The molecule has 0 aliphatic heterocycles. The van der Waals surface area contributed by atoms with E-state index in [-0.39, 0.29) is 6.61 Å². The molecule has 0 bridgehead atoms. The Morgan fingerprint density at radius 2 is 1.70 bits per heavy atom. The molecule has 0 saturated heterocycles. The molecule has 0 spiro atoms. The molecule has 0 fully saturated rings. The van der Waals surface area contributed by atoms with Gasteiger partial charge in [-0.05, 0) is 16.7 Å². The predicted molar refractivity (Wildman–Crippen MR) is 91.2 cm³/mol. The smallest absolute Gasteiger partial charge is 0.192 e. The lowest BCUT2D eigenvalue weighted by Crippen LogP contribution is -1.96. The van der Waals surface area contributed by atoms with Gasteiger partial charge in [0.2, 0.25) is 0 Å². The molecule has 0 aliphatic rings. The maximum absolute atomic E-state index is 9.46. The average molecular weight is 321 g/mol. The Balaban J connectivity index is 1.78. The summed E-state index contributed by atoms with van der Waals surface area (Å²) < 4.78 is 5.82. The fourth-order valence-electron chi connectivity index (χ4n) is 2.27. The van der Waals surface area contributed by atoms with Crippen molar-refractivity contribution in [2.45, 2.75) is 13.2 Å². The van der Waals surface area contributed by atoms with Crippen LogP contribution in [-0.4, -0.2) is 5.11 Å². The highest BCUT2D eigenvalue weighted by Crippen LogP contribution is 2.37. The second-order valence-corrected chi connectivity index (χ2v) is 5.90. The molecule has 0 unspecified atom stereocenters. The van der Waals surface area contributed by atoms with E-state index in [1.807, 2.05) is 60.0 Å². The summed E-state index contributed by atoms with van der Waals surface area (Å²) in [5, 5.41) is 21.1. The number of nitriles is 1. The van der Waals surface area contributed by atoms with Gasteiger partial charge in [0.1, 0.15) is 18.2 Å². The molecule has 23 heavy (non-hydrogen) atoms. The van der Waals surface area contributed by atoms with E-state index in [9.17, 15) is 5.26 Å². The fraction of sp³-hybridized carbons (Fsp3) is 0.105. The van der Waals surface area contributed by atoms with Crippen molar-refractivity contribution in [3.63, 3.8) is 0 Å². The van der Waals surface area contributed by atoms with Gasteiger partial charge in [-0.25, -0.2) is 0 Å². The van der Waals surface area contributed by atoms with Crippen molar-refractivity contribution in [1.29, 1.82) is 5.26 Å². The molecular formula is C19H15NO2S. The number of thiophene rings is 1. The van der Waals surface area contributed by atoms with Crippen LogP contribution in [0, 0.1) is 11.3 Å². The van der Waals surface area contributed by atoms with Crippen LogP contribution in [0.4, 0.5) is 0 Å². The van der Waals surface area contributed by atoms with Crippen LogP contribution in [0.3, 0.4) is 0 Å². The van der Waals surface area contributed by atoms with Crippen LogP contribution in [0.15, 0.2) is 60.0 Å². The number of aliphatic hydroxyl groups is 1. The molecule has 3 rings (SSSR count). The lowest BCUT2D eigenvalue weighted by Gasteiger charge is -2.06. The van der Waals surface area contributed by atoms with Crippen molar-refractivity contribution in [1.82, 2.24) is 0 Å². The fourth-order valence-corrected chi connectivity index (χ4v) is 3.15. The number of nitrogens with zero attached hydrogens (tertiary/aromatic N) is 1. The molecular weight excluding hydrogens is 306 g/mol. The van der Waals surface area contributed by atoms with Gasteiger partial charge in [-0.3, -0.25) is 0 Å². The summed E-state index contributed by atoms with van der Waals surface area (Å²) in [6.45, 7) is 0.431. The summed E-state index contributed by atoms with van der Waals surface area (Å²) >= 11 is 1.44. The predicted octanol–water partition coefficient (Wildman–Crippen LogP) is 4.36. The number of aliphatic hydroxyl groups excluding tert-OH is 1. The van der Waals surface area contributed by atoms with Gasteiger partial charge in [0.15, 0.2) is 5.06 Å². The lowest BCUT2D eigenvalue weighted by atomic mass is 10.1. The molecule has 0 saturated carbocycles. The Hall–Kier alpha value is -2.61. The lowest BCUT2D eigenvalue weighted by molar-refractivity contribution is 0.281. The van der Waals surface area contributed by atoms with Crippen molar-refractivity contribution in [2.24, 2.45) is 0 Å². The summed E-state index contributed by atoms with van der Waals surface area (Å²) in [7, 11) is 0. The third kappa shape index (κ3) is 3.42. The van der Waals surface area contributed by atoms with Crippen LogP contribution in [-0.2, 0) is 13.2 Å². The van der Waals surface area contributed by atoms with Crippen LogP contribution < -0.4 is 4.74 Å². The van der Waals surface area contributed by atoms with Crippen LogP contribution in [0.2, 0.25) is 0 Å². The molecule has 4 heteroatoms. The zero-order valence-electron chi connectivity index (χ0n) is 12.4. The van der Waals surface area contributed by atoms with Gasteiger partial charge < -0.3 is 9.84 Å². The first-order chi connectivity index (χ1) is 11.3. The van der Waals surface area contributed by atoms with Gasteiger partial charge in [-0.15, -0.1) is 11.3 Å². The van der Waals surface area contributed by atoms with Gasteiger partial charge in [0.05, 0.1) is 6.61 Å². The molecule has 1 N–H and O–H groups in total. The molecule has 0 aliphatic carbocycles. The summed E-state index contributed by atoms with van der Waals surface area (Å²) in [6, 6.07) is 19.7. The van der Waals surface area contributed by atoms with Crippen molar-refractivity contribution in [3.05, 3.63) is 76.7 Å². The first-order valence-corrected chi connectivity index (χ1v) is 8.08. The molecule has 1 aromatic heterocycles. The third-order valence-electron chi connectivity index (χ3n) is 3.53. The number of hydrogen-bond donors (Lipinski definition) is 1. The van der Waals surface area contributed by atoms with E-state index in [4.69, 9.17) is 9.84 Å². The van der Waals surface area contributed by atoms with E-state index in [1.165, 1.54) is 11.3 Å². The topological polar surface area (TPSA) is 53.2 Å². The van der Waals surface area contributed by atoms with Crippen molar-refractivity contribution in [3.8, 4) is 22.3 Å². The average Bonchev–Trinajstić information content (AvgIpc) is 3.04. The zero-order chi connectivity index (χ0) is 16.1. The summed E-state index contributed by atoms with van der Waals surface area (Å²) in [5.41, 5.74) is 4.37. The first kappa shape index (κ1) is 15.3. The second kappa shape index (κ2) is 7.10. The SMILES string of the molecule is N#Cc1c(-c2ccccc2)csc1OCc1ccc(CO)cc1. The molecule has 1 heterocycles. The number of benzene rings is 2. The van der Waals surface area contributed by atoms with Gasteiger partial charge in [-0.2, -0.15) is 5.26 Å². The Kier molecular flexibility index (Phi) is 4.72. The Morgan fingerprint density at radius 1 is 1.00 bits per heavy atom. The largest absolute Gasteiger partial charge is 0.478 e. The van der Waals surface area contributed by atoms with Crippen LogP contribution in [0.1, 0.15) is 16.7 Å². The van der Waals surface area contributed by atoms with Crippen LogP contribution in [0.25, 0.3) is 11.1 Å². The molecule has 2 aromatic carbocycles. The monoisotopic (exact) mass is 321 g/mol. The van der Waals surface area contributed by atoms with Gasteiger partial charge in [0, 0.05) is 10.9 Å². The number of rotatable bonds is 5. The Bertz CT molecular complexity index is 817. The highest BCUT2D eigenvalue weighted by Gasteiger charge is 2.14. The van der Waals surface area contributed by atoms with Gasteiger partial charge in [0.25, 0.3) is 0 Å². The first-order valence-electron chi connectivity index (χ1n) is 7.20. The standard InChI is InChI=1S/C19H15NO2S/c20-10-17-18(16-4-2-1-3-5-16)13-23-19(17)22-12-15-8-6-14(11-21)7-9-15/h1-9,13,21H,11-12H2. The minimum atomic E-state index is 0.0328. The maximum Gasteiger partial charge on any atom is 0.192 e. The summed E-state index contributed by atoms with van der Waals surface area (Å²) in [4.78, 5) is 0. The summed E-state index contributed by atoms with van der Waals surface area (Å²) in [5.74, 6) is 0. The Labute approximate surface area is 139 Å². The van der Waals surface area contributed by atoms with E-state index in [0.29, 0.717) is 17.2 Å². The third-order valence-corrected chi connectivity index (χ3v) is 4.42. The van der Waals surface area contributed by atoms with E-state index < -0.39 is 0 Å². The van der Waals surface area contributed by atoms with Gasteiger partial charge >= 0.3 is 0 Å². The normalized spacial score (nSPS) is 10.3. The zero-order valence-corrected chi connectivity index (χ0v) is 13.2. The second-order valence-electron chi connectivity index (χ2n) is 5.05. The molecule has 0 amide bonds. The van der Waals surface area contributed by atoms with E-state index >= 15 is 0 Å². The van der Waals surface area contributed by atoms with Crippen LogP contribution >= 0.6 is 11.3 Å². The van der Waals surface area contributed by atoms with Crippen LogP contribution in [0.5, 0.6) is 5.06 Å². The van der Waals surface area contributed by atoms with E-state index in [2.05, 4.69) is 6.07 Å². The van der Waals surface area contributed by atoms with E-state index in [1.54, 1.807) is 0 Å². The Morgan fingerprint density at radius 3 is 2.35 bits per heavy atom. The minimum absolute atomic E-state index is 0.0328. The molecule has 0 radical (unpaired) electrons. The van der Waals surface area contributed by atoms with Crippen molar-refractivity contribution >= 4 is 11.3 Å². The minimum Gasteiger partial charge on any atom is -0.478 e. The number of hydrogen-bond acceptors (Lipinski definition) is 4. The van der Waals surface area contributed by atoms with Crippen molar-refractivity contribution in [2.75, 3.05) is 0 Å². The molecule has 114 valence electrons. The highest BCUT2D eigenvalue weighted by molar-refractivity contribution is 7.12. The summed E-state index contributed by atoms with van der Waals surface area (Å²) in [6.07, 6.45) is 0. The number of ether oxygens (including phenoxy) is 1. The van der Waals surface area contributed by atoms with Crippen molar-refractivity contribution < 1.29 is 9.84 Å². The molecule has 0 atom stereocenters. The van der Waals surface area contributed by atoms with Gasteiger partial charge in [-0.1, -0.05) is 54.6 Å². The highest BCUT2D eigenvalue weighted by atomic mass is 32.1. The molecule has 3 nitrogen and oxygen atoms in total. The van der Waals surface area contributed by atoms with E-state index in [0.717, 1.165) is 22.3 Å².